The number of nitrogens with one attached hydrogen (secondary N) is 2. The van der Waals surface area contributed by atoms with Crippen molar-refractivity contribution in [2.45, 2.75) is 19.3 Å². The predicted octanol–water partition coefficient (Wildman–Crippen LogP) is 1.82. The zero-order valence-electron chi connectivity index (χ0n) is 11.8. The van der Waals surface area contributed by atoms with E-state index in [1.807, 2.05) is 0 Å². The van der Waals surface area contributed by atoms with Gasteiger partial charge in [0.2, 0.25) is 5.91 Å². The van der Waals surface area contributed by atoms with Crippen molar-refractivity contribution in [3.8, 4) is 0 Å². The van der Waals surface area contributed by atoms with E-state index in [1.54, 1.807) is 0 Å². The van der Waals surface area contributed by atoms with E-state index in [0.717, 1.165) is 19.5 Å². The van der Waals surface area contributed by atoms with Gasteiger partial charge in [0.1, 0.15) is 5.82 Å². The number of hydrogen-bond donors (Lipinski definition) is 2. The van der Waals surface area contributed by atoms with E-state index in [9.17, 15) is 14.0 Å². The number of rotatable bonds is 6. The van der Waals surface area contributed by atoms with E-state index in [-0.39, 0.29) is 30.3 Å². The lowest BCUT2D eigenvalue weighted by molar-refractivity contribution is -0.120. The summed E-state index contributed by atoms with van der Waals surface area (Å²) in [6.45, 7) is 2.32. The van der Waals surface area contributed by atoms with Crippen molar-refractivity contribution in [1.82, 2.24) is 10.6 Å². The van der Waals surface area contributed by atoms with Crippen LogP contribution < -0.4 is 10.6 Å². The van der Waals surface area contributed by atoms with Crippen molar-refractivity contribution >= 4 is 11.7 Å². The summed E-state index contributed by atoms with van der Waals surface area (Å²) in [5.41, 5.74) is 1.65. The first-order valence-corrected chi connectivity index (χ1v) is 7.09. The van der Waals surface area contributed by atoms with Gasteiger partial charge in [0.05, 0.1) is 0 Å². The van der Waals surface area contributed by atoms with Crippen LogP contribution in [0.2, 0.25) is 0 Å². The highest BCUT2D eigenvalue weighted by molar-refractivity contribution is 5.97. The molecule has 1 amide bonds. The molecular weight excluding hydrogens is 271 g/mol. The van der Waals surface area contributed by atoms with Gasteiger partial charge < -0.3 is 10.6 Å². The maximum absolute atomic E-state index is 12.8. The van der Waals surface area contributed by atoms with Gasteiger partial charge in [0, 0.05) is 31.5 Å². The molecule has 1 aromatic rings. The Bertz CT molecular complexity index is 538. The molecule has 0 aliphatic carbocycles. The number of carbonyl (C=O) groups excluding carboxylic acids is 2. The second-order valence-electron chi connectivity index (χ2n) is 5.02. The Hall–Kier alpha value is -2.01. The largest absolute Gasteiger partial charge is 0.352 e. The third-order valence-electron chi connectivity index (χ3n) is 3.42. The van der Waals surface area contributed by atoms with Crippen LogP contribution in [0.3, 0.4) is 0 Å². The highest BCUT2D eigenvalue weighted by Crippen LogP contribution is 2.08. The highest BCUT2D eigenvalue weighted by Gasteiger charge is 2.10. The Morgan fingerprint density at radius 3 is 2.62 bits per heavy atom. The topological polar surface area (TPSA) is 58.2 Å². The molecule has 1 aliphatic heterocycles. The fourth-order valence-electron chi connectivity index (χ4n) is 2.14. The van der Waals surface area contributed by atoms with Gasteiger partial charge in [-0.3, -0.25) is 9.59 Å². The Labute approximate surface area is 123 Å². The van der Waals surface area contributed by atoms with E-state index < -0.39 is 0 Å². The van der Waals surface area contributed by atoms with Gasteiger partial charge in [-0.2, -0.15) is 0 Å². The molecular formula is C16H19FN2O2. The lowest BCUT2D eigenvalue weighted by Crippen LogP contribution is -2.29. The Morgan fingerprint density at radius 1 is 1.19 bits per heavy atom. The van der Waals surface area contributed by atoms with Gasteiger partial charge in [-0.25, -0.2) is 4.39 Å². The highest BCUT2D eigenvalue weighted by atomic mass is 19.1. The summed E-state index contributed by atoms with van der Waals surface area (Å²) < 4.78 is 12.8. The lowest BCUT2D eigenvalue weighted by atomic mass is 10.1. The number of benzene rings is 1. The van der Waals surface area contributed by atoms with Gasteiger partial charge in [-0.1, -0.05) is 11.6 Å². The fourth-order valence-corrected chi connectivity index (χ4v) is 2.14. The van der Waals surface area contributed by atoms with Gasteiger partial charge in [-0.15, -0.1) is 0 Å². The average molecular weight is 290 g/mol. The predicted molar refractivity (Wildman–Crippen MR) is 78.5 cm³/mol. The maximum Gasteiger partial charge on any atom is 0.220 e. The summed E-state index contributed by atoms with van der Waals surface area (Å²) in [5, 5.41) is 6.03. The van der Waals surface area contributed by atoms with Crippen molar-refractivity contribution in [2.24, 2.45) is 0 Å². The first kappa shape index (κ1) is 15.4. The number of Topliss-reactive ketones (excluding diaryl/α,β-unsaturated/α-hetero) is 1. The summed E-state index contributed by atoms with van der Waals surface area (Å²) in [5.74, 6) is -0.657. The monoisotopic (exact) mass is 290 g/mol. The van der Waals surface area contributed by atoms with Crippen molar-refractivity contribution in [1.29, 1.82) is 0 Å². The quantitative estimate of drug-likeness (QED) is 0.621. The third-order valence-corrected chi connectivity index (χ3v) is 3.42. The van der Waals surface area contributed by atoms with E-state index in [1.165, 1.54) is 29.8 Å². The molecule has 0 atom stereocenters. The molecule has 0 bridgehead atoms. The normalized spacial score (nSPS) is 14.4. The molecule has 0 aromatic heterocycles. The molecule has 1 heterocycles. The number of halogens is 1. The van der Waals surface area contributed by atoms with Crippen LogP contribution in [0.15, 0.2) is 35.9 Å². The molecule has 0 radical (unpaired) electrons. The summed E-state index contributed by atoms with van der Waals surface area (Å²) in [4.78, 5) is 23.6. The first-order valence-electron chi connectivity index (χ1n) is 7.09. The number of ketones is 1. The second-order valence-corrected chi connectivity index (χ2v) is 5.02. The van der Waals surface area contributed by atoms with Crippen LogP contribution >= 0.6 is 0 Å². The minimum Gasteiger partial charge on any atom is -0.352 e. The first-order chi connectivity index (χ1) is 10.1. The molecule has 0 fully saturated rings. The van der Waals surface area contributed by atoms with Crippen molar-refractivity contribution in [3.05, 3.63) is 47.3 Å². The van der Waals surface area contributed by atoms with E-state index in [0.29, 0.717) is 12.1 Å². The van der Waals surface area contributed by atoms with Gasteiger partial charge in [-0.05, 0) is 37.2 Å². The van der Waals surface area contributed by atoms with Crippen molar-refractivity contribution < 1.29 is 14.0 Å². The van der Waals surface area contributed by atoms with Gasteiger partial charge in [0.15, 0.2) is 5.78 Å². The smallest absolute Gasteiger partial charge is 0.220 e. The van der Waals surface area contributed by atoms with Crippen LogP contribution in [-0.4, -0.2) is 31.3 Å². The maximum atomic E-state index is 12.8. The minimum absolute atomic E-state index is 0.134. The average Bonchev–Trinajstić information content (AvgIpc) is 2.52. The van der Waals surface area contributed by atoms with Crippen LogP contribution in [0, 0.1) is 5.82 Å². The summed E-state index contributed by atoms with van der Waals surface area (Å²) in [7, 11) is 0. The van der Waals surface area contributed by atoms with E-state index in [2.05, 4.69) is 16.7 Å². The van der Waals surface area contributed by atoms with Crippen LogP contribution in [0.1, 0.15) is 29.6 Å². The zero-order valence-corrected chi connectivity index (χ0v) is 11.8. The molecule has 0 saturated carbocycles. The van der Waals surface area contributed by atoms with Crippen LogP contribution in [0.25, 0.3) is 0 Å². The fraction of sp³-hybridized carbons (Fsp3) is 0.375. The standard InChI is InChI=1S/C16H19FN2O2/c17-14-3-1-13(2-4-14)15(20)5-6-16(21)19-11-12-7-9-18-10-8-12/h1-4,7,18H,5-6,8-11H2,(H,19,21). The molecule has 21 heavy (non-hydrogen) atoms. The molecule has 1 aliphatic rings. The van der Waals surface area contributed by atoms with Crippen LogP contribution in [0.4, 0.5) is 4.39 Å². The molecule has 1 aromatic carbocycles. The van der Waals surface area contributed by atoms with Gasteiger partial charge >= 0.3 is 0 Å². The Balaban J connectivity index is 1.72. The summed E-state index contributed by atoms with van der Waals surface area (Å²) >= 11 is 0. The van der Waals surface area contributed by atoms with E-state index in [4.69, 9.17) is 0 Å². The van der Waals surface area contributed by atoms with Crippen LogP contribution in [-0.2, 0) is 4.79 Å². The number of carbonyl (C=O) groups is 2. The SMILES string of the molecule is O=C(CCC(=O)c1ccc(F)cc1)NCC1=CCNCC1. The van der Waals surface area contributed by atoms with E-state index >= 15 is 0 Å². The summed E-state index contributed by atoms with van der Waals surface area (Å²) in [6, 6.07) is 5.37. The minimum atomic E-state index is -0.375. The van der Waals surface area contributed by atoms with Gasteiger partial charge in [0.25, 0.3) is 0 Å². The molecule has 4 nitrogen and oxygen atoms in total. The molecule has 0 unspecified atom stereocenters. The summed E-state index contributed by atoms with van der Waals surface area (Å²) in [6.07, 6.45) is 3.31. The number of amides is 1. The van der Waals surface area contributed by atoms with Crippen molar-refractivity contribution in [2.75, 3.05) is 19.6 Å². The Morgan fingerprint density at radius 2 is 1.95 bits per heavy atom. The molecule has 0 spiro atoms. The van der Waals surface area contributed by atoms with Crippen molar-refractivity contribution in [3.63, 3.8) is 0 Å². The molecule has 112 valence electrons. The number of hydrogen-bond acceptors (Lipinski definition) is 3. The molecule has 0 saturated heterocycles. The third kappa shape index (κ3) is 5.11. The van der Waals surface area contributed by atoms with Crippen LogP contribution in [0.5, 0.6) is 0 Å². The molecule has 2 rings (SSSR count). The zero-order chi connectivity index (χ0) is 15.1. The Kier molecular flexibility index (Phi) is 5.63. The second kappa shape index (κ2) is 7.69. The molecule has 2 N–H and O–H groups in total. The lowest BCUT2D eigenvalue weighted by Gasteiger charge is -2.14. The molecule has 5 heteroatoms.